The Morgan fingerprint density at radius 2 is 0.527 bits per heavy atom. The molecule has 0 fully saturated rings. The zero-order valence-corrected chi connectivity index (χ0v) is 47.5. The monoisotopic (exact) mass is 1020 g/mol. The quantitative estimate of drug-likeness (QED) is 0.0261. The summed E-state index contributed by atoms with van der Waals surface area (Å²) in [6, 6.07) is 0. The molecule has 0 aliphatic rings. The van der Waals surface area contributed by atoms with E-state index in [1.807, 2.05) is 0 Å². The van der Waals surface area contributed by atoms with Crippen LogP contribution >= 0.6 is 0 Å². The molecule has 0 radical (unpaired) electrons. The van der Waals surface area contributed by atoms with Crippen LogP contribution in [0.3, 0.4) is 0 Å². The van der Waals surface area contributed by atoms with Gasteiger partial charge in [0.1, 0.15) is 13.2 Å². The Morgan fingerprint density at radius 3 is 0.838 bits per heavy atom. The van der Waals surface area contributed by atoms with E-state index in [1.165, 1.54) is 57.8 Å². The zero-order valence-electron chi connectivity index (χ0n) is 47.5. The highest BCUT2D eigenvalue weighted by molar-refractivity contribution is 5.71. The van der Waals surface area contributed by atoms with Gasteiger partial charge in [-0.2, -0.15) is 0 Å². The molecule has 0 aliphatic heterocycles. The van der Waals surface area contributed by atoms with Crippen LogP contribution in [-0.2, 0) is 28.6 Å². The second-order valence-corrected chi connectivity index (χ2v) is 19.1. The maximum Gasteiger partial charge on any atom is 0.306 e. The summed E-state index contributed by atoms with van der Waals surface area (Å²) >= 11 is 0. The predicted octanol–water partition coefficient (Wildman–Crippen LogP) is 20.4. The Balaban J connectivity index is 4.25. The molecule has 0 rings (SSSR count). The maximum absolute atomic E-state index is 12.8. The third-order valence-electron chi connectivity index (χ3n) is 12.1. The molecule has 6 heteroatoms. The first-order valence-electron chi connectivity index (χ1n) is 29.8. The fourth-order valence-corrected chi connectivity index (χ4v) is 7.68. The average molecular weight is 1020 g/mol. The van der Waals surface area contributed by atoms with Crippen LogP contribution in [0.25, 0.3) is 0 Å². The second kappa shape index (κ2) is 60.8. The molecule has 1 unspecified atom stereocenters. The van der Waals surface area contributed by atoms with Gasteiger partial charge in [0.15, 0.2) is 6.10 Å². The third kappa shape index (κ3) is 58.2. The number of unbranched alkanes of at least 4 members (excludes halogenated alkanes) is 17. The van der Waals surface area contributed by atoms with Crippen LogP contribution in [0.1, 0.15) is 245 Å². The van der Waals surface area contributed by atoms with Crippen LogP contribution in [0.2, 0.25) is 0 Å². The Morgan fingerprint density at radius 1 is 0.284 bits per heavy atom. The standard InChI is InChI=1S/C68H108O6/c1-4-7-10-13-16-18-20-22-24-26-28-30-32-34-36-38-40-42-44-46-48-50-52-55-58-61-67(70)73-64-65(63-72-66(69)60-57-54-15-12-9-6-3)74-68(71)62-59-56-53-51-49-47-45-43-41-39-37-35-33-31-29-27-25-23-21-19-17-14-11-8-5-2/h7-8,10-11,16-19,22-25,28-31,34-37,40,42,46,48,65H,4-6,9,12-15,20-21,26-27,32-33,38-39,41,43-45,47,49-64H2,1-3H3/b10-7-,11-8-,18-16-,19-17-,24-22-,25-23-,30-28-,31-29-,36-34-,37-35-,42-40-,48-46-. The van der Waals surface area contributed by atoms with Gasteiger partial charge < -0.3 is 14.2 Å². The lowest BCUT2D eigenvalue weighted by Gasteiger charge is -2.18. The first-order valence-corrected chi connectivity index (χ1v) is 29.8. The molecule has 416 valence electrons. The number of rotatable bonds is 52. The Bertz CT molecular complexity index is 1640. The zero-order chi connectivity index (χ0) is 53.6. The molecule has 6 nitrogen and oxygen atoms in total. The van der Waals surface area contributed by atoms with E-state index >= 15 is 0 Å². The van der Waals surface area contributed by atoms with Crippen LogP contribution < -0.4 is 0 Å². The van der Waals surface area contributed by atoms with Crippen molar-refractivity contribution in [2.24, 2.45) is 0 Å². The van der Waals surface area contributed by atoms with Crippen molar-refractivity contribution in [3.63, 3.8) is 0 Å². The minimum absolute atomic E-state index is 0.0963. The molecule has 0 bridgehead atoms. The Labute approximate surface area is 455 Å². The number of allylic oxidation sites excluding steroid dienone is 24. The fraction of sp³-hybridized carbons (Fsp3) is 0.603. The molecule has 0 saturated heterocycles. The van der Waals surface area contributed by atoms with Crippen molar-refractivity contribution in [2.45, 2.75) is 252 Å². The molecule has 0 spiro atoms. The maximum atomic E-state index is 12.8. The van der Waals surface area contributed by atoms with Crippen LogP contribution in [0.4, 0.5) is 0 Å². The van der Waals surface area contributed by atoms with Crippen molar-refractivity contribution < 1.29 is 28.6 Å². The Kier molecular flexibility index (Phi) is 57.0. The van der Waals surface area contributed by atoms with Crippen molar-refractivity contribution >= 4 is 17.9 Å². The van der Waals surface area contributed by atoms with E-state index in [2.05, 4.69) is 167 Å². The summed E-state index contributed by atoms with van der Waals surface area (Å²) in [5, 5.41) is 0. The molecule has 0 aromatic carbocycles. The van der Waals surface area contributed by atoms with E-state index < -0.39 is 6.10 Å². The summed E-state index contributed by atoms with van der Waals surface area (Å²) < 4.78 is 16.7. The smallest absolute Gasteiger partial charge is 0.306 e. The van der Waals surface area contributed by atoms with Gasteiger partial charge in [0, 0.05) is 19.3 Å². The van der Waals surface area contributed by atoms with E-state index in [1.54, 1.807) is 0 Å². The number of carbonyl (C=O) groups is 3. The highest BCUT2D eigenvalue weighted by Crippen LogP contribution is 2.14. The second-order valence-electron chi connectivity index (χ2n) is 19.1. The van der Waals surface area contributed by atoms with E-state index in [-0.39, 0.29) is 31.1 Å². The first kappa shape index (κ1) is 69.3. The van der Waals surface area contributed by atoms with Crippen LogP contribution in [-0.4, -0.2) is 37.2 Å². The van der Waals surface area contributed by atoms with Gasteiger partial charge in [-0.05, 0) is 122 Å². The summed E-state index contributed by atoms with van der Waals surface area (Å²) in [5.41, 5.74) is 0. The minimum atomic E-state index is -0.799. The van der Waals surface area contributed by atoms with Gasteiger partial charge in [-0.1, -0.05) is 250 Å². The highest BCUT2D eigenvalue weighted by atomic mass is 16.6. The van der Waals surface area contributed by atoms with E-state index in [4.69, 9.17) is 14.2 Å². The van der Waals surface area contributed by atoms with Crippen LogP contribution in [0.15, 0.2) is 146 Å². The van der Waals surface area contributed by atoms with Crippen LogP contribution in [0.5, 0.6) is 0 Å². The first-order chi connectivity index (χ1) is 36.5. The largest absolute Gasteiger partial charge is 0.462 e. The molecule has 0 aromatic rings. The molecule has 0 amide bonds. The molecular formula is C68H108O6. The normalized spacial score (nSPS) is 13.2. The molecule has 74 heavy (non-hydrogen) atoms. The number of hydrogen-bond donors (Lipinski definition) is 0. The van der Waals surface area contributed by atoms with Crippen molar-refractivity contribution in [3.8, 4) is 0 Å². The van der Waals surface area contributed by atoms with E-state index in [9.17, 15) is 14.4 Å². The van der Waals surface area contributed by atoms with Crippen LogP contribution in [0, 0.1) is 0 Å². The van der Waals surface area contributed by atoms with Gasteiger partial charge in [0.2, 0.25) is 0 Å². The third-order valence-corrected chi connectivity index (χ3v) is 12.1. The topological polar surface area (TPSA) is 78.9 Å². The number of carbonyl (C=O) groups excluding carboxylic acids is 3. The van der Waals surface area contributed by atoms with Crippen molar-refractivity contribution in [2.75, 3.05) is 13.2 Å². The van der Waals surface area contributed by atoms with E-state index in [0.29, 0.717) is 19.3 Å². The van der Waals surface area contributed by atoms with Crippen molar-refractivity contribution in [1.29, 1.82) is 0 Å². The minimum Gasteiger partial charge on any atom is -0.462 e. The number of hydrogen-bond acceptors (Lipinski definition) is 6. The van der Waals surface area contributed by atoms with Gasteiger partial charge in [-0.3, -0.25) is 14.4 Å². The summed E-state index contributed by atoms with van der Waals surface area (Å²) in [6.45, 7) is 6.31. The lowest BCUT2D eigenvalue weighted by atomic mass is 10.1. The molecule has 0 aromatic heterocycles. The molecular weight excluding hydrogens is 913 g/mol. The summed E-state index contributed by atoms with van der Waals surface area (Å²) in [4.78, 5) is 38.0. The Hall–Kier alpha value is -4.71. The summed E-state index contributed by atoms with van der Waals surface area (Å²) in [6.07, 6.45) is 87.3. The number of ether oxygens (including phenoxy) is 3. The lowest BCUT2D eigenvalue weighted by Crippen LogP contribution is -2.30. The lowest BCUT2D eigenvalue weighted by molar-refractivity contribution is -0.167. The van der Waals surface area contributed by atoms with E-state index in [0.717, 1.165) is 148 Å². The summed E-state index contributed by atoms with van der Waals surface area (Å²) in [7, 11) is 0. The molecule has 0 saturated carbocycles. The highest BCUT2D eigenvalue weighted by Gasteiger charge is 2.19. The molecule has 0 heterocycles. The SMILES string of the molecule is CC/C=C\C/C=C\C/C=C\C/C=C\C/C=C\C/C=C\C/C=C\CCCCCC(=O)OCC(COC(=O)CCCCCCCC)OC(=O)CCCCCCCCCCC/C=C\C/C=C\C/C=C\C/C=C\C/C=C\CC. The number of esters is 3. The average Bonchev–Trinajstić information content (AvgIpc) is 3.40. The summed E-state index contributed by atoms with van der Waals surface area (Å²) in [5.74, 6) is -0.952. The fourth-order valence-electron chi connectivity index (χ4n) is 7.68. The van der Waals surface area contributed by atoms with Gasteiger partial charge in [0.05, 0.1) is 0 Å². The predicted molar refractivity (Wildman–Crippen MR) is 320 cm³/mol. The molecule has 0 N–H and O–H groups in total. The van der Waals surface area contributed by atoms with Crippen molar-refractivity contribution in [3.05, 3.63) is 146 Å². The van der Waals surface area contributed by atoms with Crippen molar-refractivity contribution in [1.82, 2.24) is 0 Å². The van der Waals surface area contributed by atoms with Gasteiger partial charge in [-0.25, -0.2) is 0 Å². The molecule has 1 atom stereocenters. The van der Waals surface area contributed by atoms with Gasteiger partial charge in [0.25, 0.3) is 0 Å². The molecule has 0 aliphatic carbocycles. The van der Waals surface area contributed by atoms with Gasteiger partial charge >= 0.3 is 17.9 Å². The van der Waals surface area contributed by atoms with Gasteiger partial charge in [-0.15, -0.1) is 0 Å².